The summed E-state index contributed by atoms with van der Waals surface area (Å²) in [5, 5.41) is 18.6. The van der Waals surface area contributed by atoms with Gasteiger partial charge in [0.25, 0.3) is 0 Å². The third-order valence-electron chi connectivity index (χ3n) is 0.177. The van der Waals surface area contributed by atoms with Crippen molar-refractivity contribution in [1.82, 2.24) is 0 Å². The van der Waals surface area contributed by atoms with Gasteiger partial charge < -0.3 is 15.3 Å². The molecule has 0 aliphatic carbocycles. The lowest BCUT2D eigenvalue weighted by Gasteiger charge is -2.12. The molecule has 0 saturated heterocycles. The van der Waals surface area contributed by atoms with Crippen LogP contribution >= 0.6 is 16.8 Å². The standard InChI is InChI=1S/CH4O3P2/c2-1(4-3)6-5/h2-3H,5H2/p-2. The Hall–Kier alpha value is 0.480. The molecule has 0 aromatic heterocycles. The molecular weight excluding hydrogens is 122 g/mol. The van der Waals surface area contributed by atoms with E-state index in [9.17, 15) is 5.11 Å². The molecule has 3 nitrogen and oxygen atoms in total. The Bertz CT molecular complexity index is 59.8. The second-order valence-electron chi connectivity index (χ2n) is 0.478. The van der Waals surface area contributed by atoms with E-state index in [2.05, 4.69) is 4.89 Å². The molecular formula is CH2O3P2-2. The molecule has 0 N–H and O–H groups in total. The minimum atomic E-state index is -0.778. The Kier molecular flexibility index (Phi) is 3.96. The quantitative estimate of drug-likeness (QED) is 0.242. The van der Waals surface area contributed by atoms with Crippen molar-refractivity contribution in [2.75, 3.05) is 0 Å². The van der Waals surface area contributed by atoms with Crippen molar-refractivity contribution < 1.29 is 15.3 Å². The van der Waals surface area contributed by atoms with Gasteiger partial charge in [0, 0.05) is 0 Å². The highest BCUT2D eigenvalue weighted by Crippen LogP contribution is 2.05. The summed E-state index contributed by atoms with van der Waals surface area (Å²) >= 11 is 0. The fraction of sp³-hybridized carbons (Fsp3) is 0. The van der Waals surface area contributed by atoms with Crippen molar-refractivity contribution in [3.63, 3.8) is 0 Å². The van der Waals surface area contributed by atoms with Crippen molar-refractivity contribution in [3.05, 3.63) is 0 Å². The van der Waals surface area contributed by atoms with Crippen LogP contribution in [0, 0.1) is 0 Å². The molecule has 0 bridgehead atoms. The van der Waals surface area contributed by atoms with Gasteiger partial charge in [0.05, 0.1) is 0 Å². The van der Waals surface area contributed by atoms with E-state index >= 15 is 0 Å². The van der Waals surface area contributed by atoms with Crippen molar-refractivity contribution in [2.45, 2.75) is 0 Å². The molecule has 0 rings (SSSR count). The molecule has 1 atom stereocenters. The molecule has 0 radical (unpaired) electrons. The fourth-order valence-electron chi connectivity index (χ4n) is 0.0215. The minimum absolute atomic E-state index is 0.271. The lowest BCUT2D eigenvalue weighted by molar-refractivity contribution is -0.664. The van der Waals surface area contributed by atoms with E-state index in [0.717, 1.165) is 0 Å². The van der Waals surface area contributed by atoms with E-state index in [1.165, 1.54) is 0 Å². The lowest BCUT2D eigenvalue weighted by atomic mass is 11.5. The fourth-order valence-corrected chi connectivity index (χ4v) is 0.194. The molecule has 0 amide bonds. The zero-order chi connectivity index (χ0) is 4.99. The molecule has 6 heavy (non-hydrogen) atoms. The summed E-state index contributed by atoms with van der Waals surface area (Å²) in [7, 11) is 2.31. The third-order valence-corrected chi connectivity index (χ3v) is 1.09. The molecule has 0 fully saturated rings. The van der Waals surface area contributed by atoms with Crippen molar-refractivity contribution in [2.24, 2.45) is 0 Å². The van der Waals surface area contributed by atoms with Gasteiger partial charge in [-0.25, -0.2) is 0 Å². The average molecular weight is 124 g/mol. The SMILES string of the molecule is [O-]OC([O-])=PP. The average Bonchev–Trinajstić information content (AvgIpc) is 1.65. The van der Waals surface area contributed by atoms with E-state index < -0.39 is 5.67 Å². The monoisotopic (exact) mass is 124 g/mol. The summed E-state index contributed by atoms with van der Waals surface area (Å²) in [5.41, 5.74) is -0.778. The maximum absolute atomic E-state index is 9.61. The Balaban J connectivity index is 3.22. The van der Waals surface area contributed by atoms with Crippen LogP contribution in [0.3, 0.4) is 0 Å². The van der Waals surface area contributed by atoms with Gasteiger partial charge in [-0.2, -0.15) is 0 Å². The molecule has 0 aromatic carbocycles. The van der Waals surface area contributed by atoms with E-state index in [-0.39, 0.29) is 7.89 Å². The van der Waals surface area contributed by atoms with Gasteiger partial charge in [-0.3, -0.25) is 0 Å². The summed E-state index contributed by atoms with van der Waals surface area (Å²) in [6, 6.07) is 0. The lowest BCUT2D eigenvalue weighted by Crippen LogP contribution is -2.24. The topological polar surface area (TPSA) is 55.3 Å². The van der Waals surface area contributed by atoms with Crippen LogP contribution in [0.25, 0.3) is 0 Å². The van der Waals surface area contributed by atoms with Crippen LogP contribution in [0.2, 0.25) is 0 Å². The smallest absolute Gasteiger partial charge is 0.0177 e. The highest BCUT2D eigenvalue weighted by molar-refractivity contribution is 8.02. The molecule has 0 heterocycles. The summed E-state index contributed by atoms with van der Waals surface area (Å²) in [6.45, 7) is 0. The maximum atomic E-state index is 9.61. The van der Waals surface area contributed by atoms with Gasteiger partial charge >= 0.3 is 0 Å². The highest BCUT2D eigenvalue weighted by atomic mass is 32.0. The summed E-state index contributed by atoms with van der Waals surface area (Å²) in [6.07, 6.45) is 0. The Morgan fingerprint density at radius 3 is 2.33 bits per heavy atom. The van der Waals surface area contributed by atoms with Crippen LogP contribution in [0.5, 0.6) is 0 Å². The van der Waals surface area contributed by atoms with Gasteiger partial charge in [0.2, 0.25) is 0 Å². The highest BCUT2D eigenvalue weighted by Gasteiger charge is 1.55. The predicted molar refractivity (Wildman–Crippen MR) is 22.7 cm³/mol. The third kappa shape index (κ3) is 2.70. The number of hydrogen-bond donors (Lipinski definition) is 0. The van der Waals surface area contributed by atoms with Crippen LogP contribution in [0.1, 0.15) is 0 Å². The van der Waals surface area contributed by atoms with Gasteiger partial charge in [-0.15, -0.1) is 0 Å². The summed E-state index contributed by atoms with van der Waals surface area (Å²) in [4.78, 5) is 2.98. The zero-order valence-electron chi connectivity index (χ0n) is 2.75. The zero-order valence-corrected chi connectivity index (χ0v) is 4.80. The molecule has 5 heteroatoms. The molecule has 0 spiro atoms. The largest absolute Gasteiger partial charge is 0.805 e. The van der Waals surface area contributed by atoms with E-state index in [4.69, 9.17) is 5.26 Å². The first kappa shape index (κ1) is 6.48. The normalized spacial score (nSPS) is 12.2. The van der Waals surface area contributed by atoms with Gasteiger partial charge in [-0.05, 0) is 5.67 Å². The van der Waals surface area contributed by atoms with Crippen LogP contribution < -0.4 is 10.4 Å². The summed E-state index contributed by atoms with van der Waals surface area (Å²) in [5.74, 6) is 0. The second kappa shape index (κ2) is 3.66. The van der Waals surface area contributed by atoms with E-state index in [0.29, 0.717) is 0 Å². The second-order valence-corrected chi connectivity index (χ2v) is 1.88. The Morgan fingerprint density at radius 1 is 1.83 bits per heavy atom. The van der Waals surface area contributed by atoms with Crippen molar-refractivity contribution >= 4 is 22.5 Å². The first-order chi connectivity index (χ1) is 2.81. The van der Waals surface area contributed by atoms with E-state index in [1.54, 1.807) is 0 Å². The molecule has 36 valence electrons. The first-order valence-electron chi connectivity index (χ1n) is 1.06. The van der Waals surface area contributed by atoms with Gasteiger partial charge in [0.1, 0.15) is 0 Å². The first-order valence-corrected chi connectivity index (χ1v) is 3.57. The van der Waals surface area contributed by atoms with Crippen molar-refractivity contribution in [3.8, 4) is 0 Å². The molecule has 1 unspecified atom stereocenters. The van der Waals surface area contributed by atoms with Gasteiger partial charge in [-0.1, -0.05) is 16.8 Å². The van der Waals surface area contributed by atoms with E-state index in [1.807, 2.05) is 8.93 Å². The van der Waals surface area contributed by atoms with Crippen LogP contribution in [0.15, 0.2) is 0 Å². The predicted octanol–water partition coefficient (Wildman–Crippen LogP) is -1.54. The van der Waals surface area contributed by atoms with Crippen LogP contribution in [-0.4, -0.2) is 5.67 Å². The molecule has 0 aliphatic rings. The Morgan fingerprint density at radius 2 is 2.33 bits per heavy atom. The molecule has 0 aliphatic heterocycles. The van der Waals surface area contributed by atoms with Crippen LogP contribution in [-0.2, 0) is 4.89 Å². The Labute approximate surface area is 38.8 Å². The number of rotatable bonds is 1. The summed E-state index contributed by atoms with van der Waals surface area (Å²) < 4.78 is 0. The van der Waals surface area contributed by atoms with Crippen LogP contribution in [0.4, 0.5) is 0 Å². The van der Waals surface area contributed by atoms with Crippen molar-refractivity contribution in [1.29, 1.82) is 0 Å². The maximum Gasteiger partial charge on any atom is -0.0177 e. The molecule has 0 saturated carbocycles. The number of hydrogen-bond acceptors (Lipinski definition) is 3. The van der Waals surface area contributed by atoms with Gasteiger partial charge in [0.15, 0.2) is 0 Å². The molecule has 0 aromatic rings. The minimum Gasteiger partial charge on any atom is -0.805 e.